The van der Waals surface area contributed by atoms with Crippen LogP contribution in [0.25, 0.3) is 16.9 Å². The minimum absolute atomic E-state index is 0.0453. The number of rotatable bonds is 1. The third-order valence-corrected chi connectivity index (χ3v) is 3.03. The molecule has 0 spiro atoms. The number of halogens is 3. The molecule has 0 aliphatic rings. The van der Waals surface area contributed by atoms with Crippen LogP contribution in [0.1, 0.15) is 5.82 Å². The Morgan fingerprint density at radius 2 is 1.35 bits per heavy atom. The number of aromatic nitrogens is 4. The van der Waals surface area contributed by atoms with Gasteiger partial charge in [0.15, 0.2) is 5.65 Å². The van der Waals surface area contributed by atoms with Crippen molar-refractivity contribution in [3.63, 3.8) is 0 Å². The molecular formula is C16H11F3N4. The Morgan fingerprint density at radius 1 is 0.739 bits per heavy atom. The average molecular weight is 316 g/mol. The van der Waals surface area contributed by atoms with Gasteiger partial charge in [-0.3, -0.25) is 0 Å². The predicted octanol–water partition coefficient (Wildman–Crippen LogP) is 3.93. The van der Waals surface area contributed by atoms with Crippen molar-refractivity contribution in [2.75, 3.05) is 0 Å². The van der Waals surface area contributed by atoms with E-state index in [-0.39, 0.29) is 5.65 Å². The monoisotopic (exact) mass is 316 g/mol. The van der Waals surface area contributed by atoms with Crippen LogP contribution in [0.4, 0.5) is 13.2 Å². The van der Waals surface area contributed by atoms with Crippen LogP contribution < -0.4 is 0 Å². The van der Waals surface area contributed by atoms with E-state index in [1.54, 1.807) is 30.3 Å². The van der Waals surface area contributed by atoms with Crippen molar-refractivity contribution in [1.82, 2.24) is 19.8 Å². The maximum Gasteiger partial charge on any atom is 0.453 e. The van der Waals surface area contributed by atoms with Gasteiger partial charge in [0.05, 0.1) is 5.69 Å². The zero-order valence-corrected chi connectivity index (χ0v) is 11.8. The number of nitrogens with zero attached hydrogens (tertiary/aromatic N) is 4. The molecule has 0 unspecified atom stereocenters. The molecule has 0 N–H and O–H groups in total. The van der Waals surface area contributed by atoms with E-state index in [0.717, 1.165) is 0 Å². The second-order valence-electron chi connectivity index (χ2n) is 4.65. The highest BCUT2D eigenvalue weighted by atomic mass is 19.4. The largest absolute Gasteiger partial charge is 0.453 e. The van der Waals surface area contributed by atoms with Crippen LogP contribution in [0.2, 0.25) is 0 Å². The van der Waals surface area contributed by atoms with Crippen molar-refractivity contribution < 1.29 is 13.2 Å². The first-order valence-corrected chi connectivity index (χ1v) is 6.74. The van der Waals surface area contributed by atoms with Gasteiger partial charge in [-0.25, -0.2) is 0 Å². The van der Waals surface area contributed by atoms with Gasteiger partial charge in [0, 0.05) is 5.56 Å². The average Bonchev–Trinajstić information content (AvgIpc) is 2.95. The van der Waals surface area contributed by atoms with Gasteiger partial charge in [0.2, 0.25) is 0 Å². The lowest BCUT2D eigenvalue weighted by atomic mass is 10.2. The molecule has 2 heterocycles. The second kappa shape index (κ2) is 6.04. The summed E-state index contributed by atoms with van der Waals surface area (Å²) in [5, 5.41) is 10.7. The van der Waals surface area contributed by atoms with Crippen LogP contribution in [-0.2, 0) is 6.18 Å². The lowest BCUT2D eigenvalue weighted by Gasteiger charge is -2.04. The molecule has 1 aromatic carbocycles. The molecule has 23 heavy (non-hydrogen) atoms. The number of fused-ring (bicyclic) bond motifs is 1. The normalized spacial score (nSPS) is 11.3. The fraction of sp³-hybridized carbons (Fsp3) is 0.0625. The molecule has 0 aliphatic heterocycles. The minimum Gasteiger partial charge on any atom is -0.188 e. The fourth-order valence-electron chi connectivity index (χ4n) is 1.99. The van der Waals surface area contributed by atoms with Gasteiger partial charge in [-0.15, -0.1) is 10.2 Å². The maximum absolute atomic E-state index is 12.9. The molecule has 116 valence electrons. The summed E-state index contributed by atoms with van der Waals surface area (Å²) in [6, 6.07) is 19.4. The molecule has 7 heteroatoms. The SMILES string of the molecule is FC(F)(F)c1nnc2ccc(-c3ccccccccc3)nn12. The highest BCUT2D eigenvalue weighted by Crippen LogP contribution is 2.28. The molecule has 0 radical (unpaired) electrons. The van der Waals surface area contributed by atoms with Gasteiger partial charge in [-0.05, 0) is 12.1 Å². The topological polar surface area (TPSA) is 43.1 Å². The quantitative estimate of drug-likeness (QED) is 0.683. The number of hydrogen-bond acceptors (Lipinski definition) is 3. The van der Waals surface area contributed by atoms with E-state index >= 15 is 0 Å². The highest BCUT2D eigenvalue weighted by Gasteiger charge is 2.37. The lowest BCUT2D eigenvalue weighted by molar-refractivity contribution is -0.146. The molecule has 4 nitrogen and oxygen atoms in total. The lowest BCUT2D eigenvalue weighted by Crippen LogP contribution is -2.12. The van der Waals surface area contributed by atoms with Crippen molar-refractivity contribution in [1.29, 1.82) is 0 Å². The second-order valence-corrected chi connectivity index (χ2v) is 4.65. The van der Waals surface area contributed by atoms with Gasteiger partial charge in [0.25, 0.3) is 5.82 Å². The van der Waals surface area contributed by atoms with Gasteiger partial charge in [0.1, 0.15) is 0 Å². The molecule has 0 amide bonds. The summed E-state index contributed by atoms with van der Waals surface area (Å²) < 4.78 is 39.5. The van der Waals surface area contributed by atoms with E-state index in [1.165, 1.54) is 6.07 Å². The van der Waals surface area contributed by atoms with E-state index in [1.807, 2.05) is 30.3 Å². The Kier molecular flexibility index (Phi) is 3.92. The van der Waals surface area contributed by atoms with E-state index < -0.39 is 12.0 Å². The summed E-state index contributed by atoms with van der Waals surface area (Å²) in [5.41, 5.74) is 1.11. The van der Waals surface area contributed by atoms with Crippen LogP contribution in [0.15, 0.2) is 66.7 Å². The maximum atomic E-state index is 12.9. The first-order chi connectivity index (χ1) is 11.1. The van der Waals surface area contributed by atoms with Crippen molar-refractivity contribution >= 4 is 5.65 Å². The Labute approximate surface area is 129 Å². The van der Waals surface area contributed by atoms with E-state index in [9.17, 15) is 13.2 Å². The van der Waals surface area contributed by atoms with Gasteiger partial charge >= 0.3 is 6.18 Å². The van der Waals surface area contributed by atoms with E-state index in [0.29, 0.717) is 15.8 Å². The number of hydrogen-bond donors (Lipinski definition) is 0. The molecule has 0 fully saturated rings. The molecule has 3 aromatic rings. The summed E-state index contributed by atoms with van der Waals surface area (Å²) in [7, 11) is 0. The Balaban J connectivity index is 2.18. The zero-order chi connectivity index (χ0) is 16.3. The van der Waals surface area contributed by atoms with E-state index in [4.69, 9.17) is 0 Å². The zero-order valence-electron chi connectivity index (χ0n) is 11.8. The Hall–Kier alpha value is -2.96. The van der Waals surface area contributed by atoms with Crippen molar-refractivity contribution in [2.24, 2.45) is 0 Å². The van der Waals surface area contributed by atoms with Crippen molar-refractivity contribution in [2.45, 2.75) is 6.18 Å². The number of alkyl halides is 3. The Morgan fingerprint density at radius 3 is 1.96 bits per heavy atom. The molecule has 0 saturated heterocycles. The molecular weight excluding hydrogens is 305 g/mol. The van der Waals surface area contributed by atoms with Crippen LogP contribution in [-0.4, -0.2) is 19.8 Å². The molecule has 0 aliphatic carbocycles. The van der Waals surface area contributed by atoms with Gasteiger partial charge in [-0.1, -0.05) is 54.6 Å². The summed E-state index contributed by atoms with van der Waals surface area (Å²) >= 11 is 0. The molecule has 3 rings (SSSR count). The van der Waals surface area contributed by atoms with Crippen LogP contribution in [0.3, 0.4) is 0 Å². The Bertz CT molecular complexity index is 861. The summed E-state index contributed by atoms with van der Waals surface area (Å²) in [5.74, 6) is -1.14. The first-order valence-electron chi connectivity index (χ1n) is 6.74. The van der Waals surface area contributed by atoms with Crippen LogP contribution in [0, 0.1) is 0 Å². The third kappa shape index (κ3) is 3.28. The smallest absolute Gasteiger partial charge is 0.188 e. The minimum atomic E-state index is -4.61. The third-order valence-electron chi connectivity index (χ3n) is 3.03. The molecule has 0 saturated carbocycles. The first kappa shape index (κ1) is 15.0. The standard InChI is InChI=1S/C16H11F3N4/c17-16(18,19)15-21-20-14-11-10-13(22-23(14)15)12-8-6-4-2-1-3-5-7-9-12/h1-11H. The molecule has 0 bridgehead atoms. The summed E-state index contributed by atoms with van der Waals surface area (Å²) in [6.45, 7) is 0. The summed E-state index contributed by atoms with van der Waals surface area (Å²) in [6.07, 6.45) is -4.61. The molecule has 0 atom stereocenters. The summed E-state index contributed by atoms with van der Waals surface area (Å²) in [4.78, 5) is 0. The van der Waals surface area contributed by atoms with Crippen molar-refractivity contribution in [3.8, 4) is 11.3 Å². The van der Waals surface area contributed by atoms with Crippen LogP contribution >= 0.6 is 0 Å². The fourth-order valence-corrected chi connectivity index (χ4v) is 1.99. The highest BCUT2D eigenvalue weighted by molar-refractivity contribution is 5.59. The predicted molar refractivity (Wildman–Crippen MR) is 78.8 cm³/mol. The van der Waals surface area contributed by atoms with Crippen LogP contribution in [0.5, 0.6) is 0 Å². The molecule has 2 aromatic heterocycles. The van der Waals surface area contributed by atoms with Crippen molar-refractivity contribution in [3.05, 3.63) is 72.6 Å². The van der Waals surface area contributed by atoms with Gasteiger partial charge < -0.3 is 0 Å². The van der Waals surface area contributed by atoms with E-state index in [2.05, 4.69) is 15.3 Å². The van der Waals surface area contributed by atoms with Gasteiger partial charge in [-0.2, -0.15) is 22.8 Å².